The van der Waals surface area contributed by atoms with Crippen LogP contribution in [-0.4, -0.2) is 24.3 Å². The topological polar surface area (TPSA) is 84.5 Å². The quantitative estimate of drug-likeness (QED) is 0.644. The molecule has 1 rings (SSSR count). The summed E-state index contributed by atoms with van der Waals surface area (Å²) in [7, 11) is 0. The smallest absolute Gasteiger partial charge is 0.330 e. The van der Waals surface area contributed by atoms with E-state index >= 15 is 0 Å². The fourth-order valence-corrected chi connectivity index (χ4v) is 1.69. The van der Waals surface area contributed by atoms with Gasteiger partial charge in [0.05, 0.1) is 0 Å². The van der Waals surface area contributed by atoms with Gasteiger partial charge >= 0.3 is 5.97 Å². The molecular formula is C16H22N2O4. The molecule has 1 aromatic carbocycles. The maximum Gasteiger partial charge on any atom is 0.330 e. The van der Waals surface area contributed by atoms with Crippen LogP contribution in [0.15, 0.2) is 24.3 Å². The molecule has 0 unspecified atom stereocenters. The van der Waals surface area contributed by atoms with E-state index in [0.717, 1.165) is 0 Å². The molecule has 6 heteroatoms. The van der Waals surface area contributed by atoms with E-state index in [1.807, 2.05) is 20.8 Å². The summed E-state index contributed by atoms with van der Waals surface area (Å²) in [6, 6.07) is 6.39. The van der Waals surface area contributed by atoms with Gasteiger partial charge in [0.15, 0.2) is 0 Å². The zero-order chi connectivity index (χ0) is 16.8. The van der Waals surface area contributed by atoms with Crippen molar-refractivity contribution in [1.29, 1.82) is 0 Å². The van der Waals surface area contributed by atoms with Crippen LogP contribution in [-0.2, 0) is 14.4 Å². The Labute approximate surface area is 130 Å². The van der Waals surface area contributed by atoms with Crippen LogP contribution in [0.1, 0.15) is 34.1 Å². The Kier molecular flexibility index (Phi) is 6.10. The Morgan fingerprint density at radius 3 is 2.18 bits per heavy atom. The first kappa shape index (κ1) is 17.7. The summed E-state index contributed by atoms with van der Waals surface area (Å²) in [6.45, 7) is 7.07. The molecule has 1 aromatic rings. The zero-order valence-corrected chi connectivity index (χ0v) is 13.4. The van der Waals surface area contributed by atoms with Crippen molar-refractivity contribution in [2.24, 2.45) is 5.41 Å². The van der Waals surface area contributed by atoms with Gasteiger partial charge in [0, 0.05) is 19.0 Å². The maximum atomic E-state index is 11.6. The van der Waals surface area contributed by atoms with Crippen molar-refractivity contribution in [3.05, 3.63) is 24.3 Å². The number of hydrogen-bond donors (Lipinski definition) is 2. The Hall–Kier alpha value is -2.37. The lowest BCUT2D eigenvalue weighted by Crippen LogP contribution is -2.33. The van der Waals surface area contributed by atoms with Crippen LogP contribution in [0, 0.1) is 5.41 Å². The molecule has 0 atom stereocenters. The Balaban J connectivity index is 2.42. The predicted octanol–water partition coefficient (Wildman–Crippen LogP) is 2.10. The van der Waals surface area contributed by atoms with Crippen LogP contribution in [0.25, 0.3) is 0 Å². The normalized spacial score (nSPS) is 10.7. The highest BCUT2D eigenvalue weighted by molar-refractivity contribution is 5.88. The second-order valence-electron chi connectivity index (χ2n) is 6.19. The molecule has 0 aliphatic carbocycles. The van der Waals surface area contributed by atoms with Crippen LogP contribution in [0.5, 0.6) is 5.75 Å². The average Bonchev–Trinajstić information content (AvgIpc) is 2.36. The molecule has 2 amide bonds. The Bertz CT molecular complexity index is 544. The summed E-state index contributed by atoms with van der Waals surface area (Å²) < 4.78 is 5.09. The van der Waals surface area contributed by atoms with Crippen molar-refractivity contribution in [3.8, 4) is 5.75 Å². The predicted molar refractivity (Wildman–Crippen MR) is 83.5 cm³/mol. The minimum Gasteiger partial charge on any atom is -0.425 e. The molecule has 0 radical (unpaired) electrons. The van der Waals surface area contributed by atoms with Crippen molar-refractivity contribution in [1.82, 2.24) is 5.32 Å². The van der Waals surface area contributed by atoms with Gasteiger partial charge < -0.3 is 15.4 Å². The van der Waals surface area contributed by atoms with Crippen LogP contribution in [0.4, 0.5) is 5.69 Å². The van der Waals surface area contributed by atoms with E-state index in [0.29, 0.717) is 17.9 Å². The summed E-state index contributed by atoms with van der Waals surface area (Å²) in [5.41, 5.74) is 0.485. The standard InChI is InChI=1S/C16H22N2O4/c1-11(19)18-12-5-7-13(8-6-12)22-15(21)10-17-14(20)9-16(2,3)4/h5-8H,9-10H2,1-4H3,(H,17,20)(H,18,19). The molecule has 6 nitrogen and oxygen atoms in total. The number of nitrogens with one attached hydrogen (secondary N) is 2. The fourth-order valence-electron chi connectivity index (χ4n) is 1.69. The van der Waals surface area contributed by atoms with E-state index in [1.54, 1.807) is 24.3 Å². The lowest BCUT2D eigenvalue weighted by atomic mass is 9.92. The third-order valence-corrected chi connectivity index (χ3v) is 2.53. The van der Waals surface area contributed by atoms with Gasteiger partial charge in [0.25, 0.3) is 0 Å². The van der Waals surface area contributed by atoms with Crippen molar-refractivity contribution < 1.29 is 19.1 Å². The highest BCUT2D eigenvalue weighted by Crippen LogP contribution is 2.18. The number of esters is 1. The molecule has 0 heterocycles. The molecule has 120 valence electrons. The first-order valence-electron chi connectivity index (χ1n) is 7.01. The second-order valence-corrected chi connectivity index (χ2v) is 6.19. The summed E-state index contributed by atoms with van der Waals surface area (Å²) in [4.78, 5) is 34.1. The van der Waals surface area contributed by atoms with E-state index in [1.165, 1.54) is 6.92 Å². The summed E-state index contributed by atoms with van der Waals surface area (Å²) in [6.07, 6.45) is 0.339. The van der Waals surface area contributed by atoms with Gasteiger partial charge in [-0.05, 0) is 29.7 Å². The second kappa shape index (κ2) is 7.59. The van der Waals surface area contributed by atoms with Gasteiger partial charge in [-0.15, -0.1) is 0 Å². The van der Waals surface area contributed by atoms with Crippen molar-refractivity contribution in [2.45, 2.75) is 34.1 Å². The largest absolute Gasteiger partial charge is 0.425 e. The molecule has 0 aliphatic heterocycles. The van der Waals surface area contributed by atoms with Crippen LogP contribution in [0.2, 0.25) is 0 Å². The zero-order valence-electron chi connectivity index (χ0n) is 13.4. The van der Waals surface area contributed by atoms with Gasteiger partial charge in [-0.1, -0.05) is 20.8 Å². The summed E-state index contributed by atoms with van der Waals surface area (Å²) >= 11 is 0. The van der Waals surface area contributed by atoms with Gasteiger partial charge in [0.2, 0.25) is 11.8 Å². The summed E-state index contributed by atoms with van der Waals surface area (Å²) in [5.74, 6) is -0.560. The third-order valence-electron chi connectivity index (χ3n) is 2.53. The lowest BCUT2D eigenvalue weighted by Gasteiger charge is -2.16. The molecule has 22 heavy (non-hydrogen) atoms. The van der Waals surface area contributed by atoms with E-state index in [-0.39, 0.29) is 23.8 Å². The molecule has 0 aromatic heterocycles. The average molecular weight is 306 g/mol. The fraction of sp³-hybridized carbons (Fsp3) is 0.438. The highest BCUT2D eigenvalue weighted by atomic mass is 16.5. The molecule has 0 saturated heterocycles. The molecule has 0 aliphatic rings. The third kappa shape index (κ3) is 7.42. The van der Waals surface area contributed by atoms with Gasteiger partial charge in [-0.25, -0.2) is 4.79 Å². The Morgan fingerprint density at radius 1 is 1.09 bits per heavy atom. The highest BCUT2D eigenvalue weighted by Gasteiger charge is 2.16. The summed E-state index contributed by atoms with van der Waals surface area (Å²) in [5, 5.41) is 5.14. The maximum absolute atomic E-state index is 11.6. The first-order chi connectivity index (χ1) is 10.2. The number of hydrogen-bond acceptors (Lipinski definition) is 4. The van der Waals surface area contributed by atoms with Crippen LogP contribution >= 0.6 is 0 Å². The van der Waals surface area contributed by atoms with Crippen molar-refractivity contribution >= 4 is 23.5 Å². The molecule has 0 fully saturated rings. The van der Waals surface area contributed by atoms with Gasteiger partial charge in [0.1, 0.15) is 12.3 Å². The minimum absolute atomic E-state index is 0.131. The number of anilines is 1. The van der Waals surface area contributed by atoms with Gasteiger partial charge in [-0.3, -0.25) is 9.59 Å². The number of rotatable bonds is 5. The van der Waals surface area contributed by atoms with Crippen molar-refractivity contribution in [3.63, 3.8) is 0 Å². The molecule has 0 saturated carbocycles. The molecule has 2 N–H and O–H groups in total. The van der Waals surface area contributed by atoms with Crippen molar-refractivity contribution in [2.75, 3.05) is 11.9 Å². The van der Waals surface area contributed by atoms with E-state index in [4.69, 9.17) is 4.74 Å². The van der Waals surface area contributed by atoms with Crippen LogP contribution in [0.3, 0.4) is 0 Å². The SMILES string of the molecule is CC(=O)Nc1ccc(OC(=O)CNC(=O)CC(C)(C)C)cc1. The first-order valence-corrected chi connectivity index (χ1v) is 7.01. The number of benzene rings is 1. The number of amides is 2. The molecule has 0 bridgehead atoms. The number of carbonyl (C=O) groups excluding carboxylic acids is 3. The molecule has 0 spiro atoms. The number of carbonyl (C=O) groups is 3. The van der Waals surface area contributed by atoms with E-state index in [9.17, 15) is 14.4 Å². The monoisotopic (exact) mass is 306 g/mol. The lowest BCUT2D eigenvalue weighted by molar-refractivity contribution is -0.136. The van der Waals surface area contributed by atoms with E-state index in [2.05, 4.69) is 10.6 Å². The number of ether oxygens (including phenoxy) is 1. The Morgan fingerprint density at radius 2 is 1.68 bits per heavy atom. The van der Waals surface area contributed by atoms with Gasteiger partial charge in [-0.2, -0.15) is 0 Å². The van der Waals surface area contributed by atoms with E-state index < -0.39 is 5.97 Å². The minimum atomic E-state index is -0.547. The molecular weight excluding hydrogens is 284 g/mol. The van der Waals surface area contributed by atoms with Crippen LogP contribution < -0.4 is 15.4 Å².